The van der Waals surface area contributed by atoms with Gasteiger partial charge in [-0.25, -0.2) is 0 Å². The summed E-state index contributed by atoms with van der Waals surface area (Å²) in [5.74, 6) is 0.423. The maximum atomic E-state index is 11.0. The minimum Gasteiger partial charge on any atom is -0.493 e. The summed E-state index contributed by atoms with van der Waals surface area (Å²) < 4.78 is 11.8. The van der Waals surface area contributed by atoms with Crippen LogP contribution in [-0.2, 0) is 4.79 Å². The fraction of sp³-hybridized carbons (Fsp3) is 0.500. The molecule has 1 aliphatic carbocycles. The highest BCUT2D eigenvalue weighted by molar-refractivity contribution is 9.10. The molecule has 0 spiro atoms. The summed E-state index contributed by atoms with van der Waals surface area (Å²) in [6, 6.07) is 3.51. The average molecular weight is 329 g/mol. The van der Waals surface area contributed by atoms with Crippen molar-refractivity contribution in [2.24, 2.45) is 5.92 Å². The van der Waals surface area contributed by atoms with Crippen LogP contribution in [0.5, 0.6) is 11.5 Å². The van der Waals surface area contributed by atoms with Gasteiger partial charge < -0.3 is 14.6 Å². The summed E-state index contributed by atoms with van der Waals surface area (Å²) in [6.07, 6.45) is 2.43. The van der Waals surface area contributed by atoms with E-state index in [1.54, 1.807) is 26.2 Å². The quantitative estimate of drug-likeness (QED) is 0.869. The lowest BCUT2D eigenvalue weighted by Gasteiger charge is -2.15. The molecule has 1 atom stereocenters. The predicted molar refractivity (Wildman–Crippen MR) is 75.0 cm³/mol. The second-order valence-electron chi connectivity index (χ2n) is 4.85. The molecular formula is C14H17BrO4. The molecule has 5 heteroatoms. The molecular weight excluding hydrogens is 312 g/mol. The number of benzene rings is 1. The normalized spacial score (nSPS) is 15.9. The third kappa shape index (κ3) is 3.41. The number of hydrogen-bond donors (Lipinski definition) is 1. The Morgan fingerprint density at radius 1 is 1.53 bits per heavy atom. The lowest BCUT2D eigenvalue weighted by Crippen LogP contribution is -2.08. The Labute approximate surface area is 120 Å². The predicted octanol–water partition coefficient (Wildman–Crippen LogP) is 3.43. The zero-order valence-electron chi connectivity index (χ0n) is 11.0. The number of halogens is 1. The van der Waals surface area contributed by atoms with Crippen molar-refractivity contribution in [2.75, 3.05) is 13.7 Å². The summed E-state index contributed by atoms with van der Waals surface area (Å²) in [4.78, 5) is 11.0. The monoisotopic (exact) mass is 328 g/mol. The Bertz CT molecular complexity index is 483. The van der Waals surface area contributed by atoms with E-state index < -0.39 is 11.9 Å². The molecule has 0 aliphatic heterocycles. The van der Waals surface area contributed by atoms with Gasteiger partial charge in [0.2, 0.25) is 0 Å². The Hall–Kier alpha value is -1.23. The van der Waals surface area contributed by atoms with E-state index in [0.717, 1.165) is 4.47 Å². The van der Waals surface area contributed by atoms with Crippen molar-refractivity contribution in [2.45, 2.75) is 25.7 Å². The van der Waals surface area contributed by atoms with E-state index in [1.807, 2.05) is 0 Å². The summed E-state index contributed by atoms with van der Waals surface area (Å²) in [7, 11) is 1.56. The first-order valence-corrected chi connectivity index (χ1v) is 7.05. The molecule has 104 valence electrons. The molecule has 0 heterocycles. The molecule has 1 aromatic rings. The molecule has 0 radical (unpaired) electrons. The third-order valence-corrected chi connectivity index (χ3v) is 3.87. The number of aliphatic carboxylic acids is 1. The minimum atomic E-state index is -0.861. The second kappa shape index (κ2) is 5.82. The topological polar surface area (TPSA) is 55.8 Å². The van der Waals surface area contributed by atoms with Crippen molar-refractivity contribution in [3.8, 4) is 11.5 Å². The van der Waals surface area contributed by atoms with Gasteiger partial charge in [0.15, 0.2) is 11.5 Å². The summed E-state index contributed by atoms with van der Waals surface area (Å²) in [5, 5.41) is 9.06. The Balaban J connectivity index is 2.25. The number of carbonyl (C=O) groups is 1. The number of methoxy groups -OCH3 is 1. The van der Waals surface area contributed by atoms with Crippen molar-refractivity contribution in [1.82, 2.24) is 0 Å². The van der Waals surface area contributed by atoms with Crippen LogP contribution < -0.4 is 9.47 Å². The lowest BCUT2D eigenvalue weighted by molar-refractivity contribution is -0.138. The van der Waals surface area contributed by atoms with Gasteiger partial charge in [0, 0.05) is 0 Å². The van der Waals surface area contributed by atoms with E-state index in [-0.39, 0.29) is 0 Å². The maximum Gasteiger partial charge on any atom is 0.310 e. The van der Waals surface area contributed by atoms with Crippen LogP contribution in [0, 0.1) is 5.92 Å². The molecule has 1 fully saturated rings. The van der Waals surface area contributed by atoms with E-state index in [1.165, 1.54) is 12.8 Å². The summed E-state index contributed by atoms with van der Waals surface area (Å²) in [6.45, 7) is 2.33. The number of carboxylic acid groups (broad SMARTS) is 1. The first kappa shape index (κ1) is 14.2. The van der Waals surface area contributed by atoms with Crippen LogP contribution in [0.1, 0.15) is 31.2 Å². The second-order valence-corrected chi connectivity index (χ2v) is 5.70. The third-order valence-electron chi connectivity index (χ3n) is 3.28. The molecule has 1 aromatic carbocycles. The van der Waals surface area contributed by atoms with Crippen LogP contribution in [0.3, 0.4) is 0 Å². The van der Waals surface area contributed by atoms with E-state index >= 15 is 0 Å². The highest BCUT2D eigenvalue weighted by Gasteiger charge is 2.24. The van der Waals surface area contributed by atoms with Gasteiger partial charge in [-0.2, -0.15) is 0 Å². The van der Waals surface area contributed by atoms with Gasteiger partial charge in [-0.3, -0.25) is 4.79 Å². The molecule has 2 rings (SSSR count). The van der Waals surface area contributed by atoms with Crippen molar-refractivity contribution < 1.29 is 19.4 Å². The first-order valence-electron chi connectivity index (χ1n) is 6.26. The fourth-order valence-corrected chi connectivity index (χ4v) is 2.33. The van der Waals surface area contributed by atoms with E-state index in [2.05, 4.69) is 15.9 Å². The van der Waals surface area contributed by atoms with Gasteiger partial charge in [-0.15, -0.1) is 0 Å². The Morgan fingerprint density at radius 3 is 2.74 bits per heavy atom. The van der Waals surface area contributed by atoms with E-state index in [4.69, 9.17) is 14.6 Å². The SMILES string of the molecule is COc1cc(C(C)C(=O)O)cc(Br)c1OCC1CC1. The van der Waals surface area contributed by atoms with Crippen LogP contribution in [0.2, 0.25) is 0 Å². The van der Waals surface area contributed by atoms with Crippen LogP contribution in [0.25, 0.3) is 0 Å². The fourth-order valence-electron chi connectivity index (χ4n) is 1.76. The van der Waals surface area contributed by atoms with Gasteiger partial charge in [0.25, 0.3) is 0 Å². The van der Waals surface area contributed by atoms with E-state index in [0.29, 0.717) is 29.6 Å². The number of rotatable bonds is 6. The molecule has 4 nitrogen and oxygen atoms in total. The van der Waals surface area contributed by atoms with Gasteiger partial charge in [-0.05, 0) is 59.3 Å². The van der Waals surface area contributed by atoms with Crippen molar-refractivity contribution in [3.63, 3.8) is 0 Å². The van der Waals surface area contributed by atoms with Crippen LogP contribution in [0.4, 0.5) is 0 Å². The largest absolute Gasteiger partial charge is 0.493 e. The summed E-state index contributed by atoms with van der Waals surface area (Å²) >= 11 is 3.43. The molecule has 0 saturated heterocycles. The van der Waals surface area contributed by atoms with E-state index in [9.17, 15) is 4.79 Å². The minimum absolute atomic E-state index is 0.568. The molecule has 0 aromatic heterocycles. The molecule has 1 aliphatic rings. The van der Waals surface area contributed by atoms with Gasteiger partial charge >= 0.3 is 5.97 Å². The zero-order valence-corrected chi connectivity index (χ0v) is 12.6. The van der Waals surface area contributed by atoms with Crippen molar-refractivity contribution in [3.05, 3.63) is 22.2 Å². The van der Waals surface area contributed by atoms with Crippen LogP contribution in [0.15, 0.2) is 16.6 Å². The Kier molecular flexibility index (Phi) is 4.34. The van der Waals surface area contributed by atoms with Gasteiger partial charge in [-0.1, -0.05) is 0 Å². The lowest BCUT2D eigenvalue weighted by atomic mass is 10.0. The van der Waals surface area contributed by atoms with Crippen molar-refractivity contribution in [1.29, 1.82) is 0 Å². The van der Waals surface area contributed by atoms with Gasteiger partial charge in [0.05, 0.1) is 24.1 Å². The van der Waals surface area contributed by atoms with Crippen molar-refractivity contribution >= 4 is 21.9 Å². The molecule has 0 bridgehead atoms. The average Bonchev–Trinajstić information content (AvgIpc) is 3.19. The highest BCUT2D eigenvalue weighted by Crippen LogP contribution is 2.40. The van der Waals surface area contributed by atoms with Gasteiger partial charge in [0.1, 0.15) is 0 Å². The number of carboxylic acids is 1. The number of hydrogen-bond acceptors (Lipinski definition) is 3. The molecule has 1 unspecified atom stereocenters. The van der Waals surface area contributed by atoms with Crippen LogP contribution in [-0.4, -0.2) is 24.8 Å². The maximum absolute atomic E-state index is 11.0. The summed E-state index contributed by atoms with van der Waals surface area (Å²) in [5.41, 5.74) is 0.690. The molecule has 1 saturated carbocycles. The smallest absolute Gasteiger partial charge is 0.310 e. The molecule has 1 N–H and O–H groups in total. The first-order chi connectivity index (χ1) is 9.02. The standard InChI is InChI=1S/C14H17BrO4/c1-8(14(16)17)10-5-11(15)13(12(6-10)18-2)19-7-9-3-4-9/h5-6,8-9H,3-4,7H2,1-2H3,(H,16,17). The molecule has 19 heavy (non-hydrogen) atoms. The highest BCUT2D eigenvalue weighted by atomic mass is 79.9. The number of ether oxygens (including phenoxy) is 2. The zero-order chi connectivity index (χ0) is 14.0. The Morgan fingerprint density at radius 2 is 2.21 bits per heavy atom. The molecule has 0 amide bonds. The van der Waals surface area contributed by atoms with Crippen LogP contribution >= 0.6 is 15.9 Å².